The molecule has 1 aliphatic heterocycles. The lowest BCUT2D eigenvalue weighted by atomic mass is 9.95. The van der Waals surface area contributed by atoms with Crippen LogP contribution in [0.15, 0.2) is 54.2 Å². The number of piperidine rings is 1. The molecule has 0 saturated carbocycles. The molecule has 1 saturated heterocycles. The Bertz CT molecular complexity index is 1040. The van der Waals surface area contributed by atoms with Crippen molar-refractivity contribution in [2.45, 2.75) is 18.8 Å². The molecule has 1 aromatic carbocycles. The van der Waals surface area contributed by atoms with Crippen LogP contribution in [0.25, 0.3) is 0 Å². The van der Waals surface area contributed by atoms with Gasteiger partial charge in [-0.05, 0) is 49.2 Å². The highest BCUT2D eigenvalue weighted by Crippen LogP contribution is 2.31. The number of anilines is 3. The summed E-state index contributed by atoms with van der Waals surface area (Å²) in [4.78, 5) is 35.5. The summed E-state index contributed by atoms with van der Waals surface area (Å²) in [5, 5.41) is 7.92. The Labute approximate surface area is 184 Å². The molecule has 1 aliphatic rings. The molecule has 0 spiro atoms. The topological polar surface area (TPSA) is 113 Å². The van der Waals surface area contributed by atoms with E-state index in [1.807, 2.05) is 17.6 Å². The van der Waals surface area contributed by atoms with Gasteiger partial charge in [0.25, 0.3) is 5.91 Å². The third kappa shape index (κ3) is 5.37. The van der Waals surface area contributed by atoms with Gasteiger partial charge in [-0.3, -0.25) is 14.6 Å². The van der Waals surface area contributed by atoms with E-state index >= 15 is 0 Å². The fraction of sp³-hybridized carbons (Fsp3) is 0.273. The molecule has 31 heavy (non-hydrogen) atoms. The molecule has 4 N–H and O–H groups in total. The monoisotopic (exact) mass is 436 g/mol. The average molecular weight is 437 g/mol. The number of thiazole rings is 1. The summed E-state index contributed by atoms with van der Waals surface area (Å²) in [5.41, 5.74) is 8.76. The van der Waals surface area contributed by atoms with Crippen molar-refractivity contribution >= 4 is 39.7 Å². The molecule has 1 unspecified atom stereocenters. The Morgan fingerprint density at radius 3 is 2.84 bits per heavy atom. The van der Waals surface area contributed by atoms with Crippen molar-refractivity contribution in [1.82, 2.24) is 15.3 Å². The predicted molar refractivity (Wildman–Crippen MR) is 122 cm³/mol. The van der Waals surface area contributed by atoms with E-state index in [0.29, 0.717) is 22.3 Å². The molecule has 2 amide bonds. The van der Waals surface area contributed by atoms with E-state index in [-0.39, 0.29) is 18.4 Å². The summed E-state index contributed by atoms with van der Waals surface area (Å²) in [6.07, 6.45) is 5.80. The number of carbonyl (C=O) groups is 2. The van der Waals surface area contributed by atoms with Crippen LogP contribution >= 0.6 is 11.3 Å². The van der Waals surface area contributed by atoms with Gasteiger partial charge >= 0.3 is 0 Å². The number of hydrogen-bond donors (Lipinski definition) is 3. The number of rotatable bonds is 6. The maximum Gasteiger partial charge on any atom is 0.251 e. The highest BCUT2D eigenvalue weighted by molar-refractivity contribution is 7.13. The maximum atomic E-state index is 12.2. The Hall–Kier alpha value is -3.46. The van der Waals surface area contributed by atoms with Crippen molar-refractivity contribution in [3.8, 4) is 0 Å². The molecule has 0 bridgehead atoms. The van der Waals surface area contributed by atoms with Crippen LogP contribution in [-0.2, 0) is 4.79 Å². The highest BCUT2D eigenvalue weighted by Gasteiger charge is 2.24. The third-order valence-corrected chi connectivity index (χ3v) is 5.98. The van der Waals surface area contributed by atoms with E-state index in [2.05, 4.69) is 31.6 Å². The molecular weight excluding hydrogens is 412 g/mol. The van der Waals surface area contributed by atoms with E-state index in [1.54, 1.807) is 30.5 Å². The fourth-order valence-corrected chi connectivity index (χ4v) is 4.39. The molecule has 9 heteroatoms. The number of nitrogens with one attached hydrogen (secondary N) is 2. The SMILES string of the molecule is Nc1ccc(C(=O)NCC(=O)Nc2nc(C3CCCN(c4cccnc4)C3)cs2)cc1. The van der Waals surface area contributed by atoms with E-state index in [4.69, 9.17) is 5.73 Å². The number of carbonyl (C=O) groups excluding carboxylic acids is 2. The van der Waals surface area contributed by atoms with Crippen LogP contribution in [0.3, 0.4) is 0 Å². The molecule has 0 radical (unpaired) electrons. The molecule has 1 fully saturated rings. The van der Waals surface area contributed by atoms with Crippen molar-refractivity contribution in [1.29, 1.82) is 0 Å². The van der Waals surface area contributed by atoms with Gasteiger partial charge in [-0.25, -0.2) is 4.98 Å². The zero-order valence-corrected chi connectivity index (χ0v) is 17.8. The van der Waals surface area contributed by atoms with Gasteiger partial charge in [-0.15, -0.1) is 11.3 Å². The van der Waals surface area contributed by atoms with Gasteiger partial charge < -0.3 is 21.3 Å². The fourth-order valence-electron chi connectivity index (χ4n) is 3.59. The summed E-state index contributed by atoms with van der Waals surface area (Å²) >= 11 is 1.40. The van der Waals surface area contributed by atoms with Gasteiger partial charge in [0.1, 0.15) is 0 Å². The molecule has 0 aliphatic carbocycles. The van der Waals surface area contributed by atoms with Crippen molar-refractivity contribution in [2.75, 3.05) is 35.6 Å². The lowest BCUT2D eigenvalue weighted by molar-refractivity contribution is -0.115. The summed E-state index contributed by atoms with van der Waals surface area (Å²) in [6.45, 7) is 1.75. The second-order valence-corrected chi connectivity index (χ2v) is 8.28. The Morgan fingerprint density at radius 1 is 1.23 bits per heavy atom. The lowest BCUT2D eigenvalue weighted by Crippen LogP contribution is -2.34. The van der Waals surface area contributed by atoms with Crippen LogP contribution in [0.2, 0.25) is 0 Å². The summed E-state index contributed by atoms with van der Waals surface area (Å²) in [7, 11) is 0. The summed E-state index contributed by atoms with van der Waals surface area (Å²) in [5.74, 6) is -0.334. The zero-order valence-electron chi connectivity index (χ0n) is 17.0. The molecule has 3 heterocycles. The van der Waals surface area contributed by atoms with E-state index < -0.39 is 0 Å². The number of amides is 2. The number of hydrogen-bond acceptors (Lipinski definition) is 7. The number of benzene rings is 1. The van der Waals surface area contributed by atoms with Gasteiger partial charge in [-0.2, -0.15) is 0 Å². The minimum Gasteiger partial charge on any atom is -0.399 e. The number of nitrogen functional groups attached to an aromatic ring is 1. The summed E-state index contributed by atoms with van der Waals surface area (Å²) in [6, 6.07) is 10.5. The van der Waals surface area contributed by atoms with Crippen LogP contribution in [0.1, 0.15) is 34.8 Å². The average Bonchev–Trinajstić information content (AvgIpc) is 3.27. The molecule has 1 atom stereocenters. The maximum absolute atomic E-state index is 12.2. The molecule has 3 aromatic rings. The van der Waals surface area contributed by atoms with Gasteiger partial charge in [0.15, 0.2) is 5.13 Å². The molecule has 160 valence electrons. The quantitative estimate of drug-likeness (QED) is 0.512. The predicted octanol–water partition coefficient (Wildman–Crippen LogP) is 2.87. The Kier molecular flexibility index (Phi) is 6.42. The number of nitrogens with two attached hydrogens (primary N) is 1. The van der Waals surface area contributed by atoms with Crippen LogP contribution < -0.4 is 21.3 Å². The molecule has 2 aromatic heterocycles. The third-order valence-electron chi connectivity index (χ3n) is 5.20. The molecule has 8 nitrogen and oxygen atoms in total. The second-order valence-electron chi connectivity index (χ2n) is 7.43. The first-order chi connectivity index (χ1) is 15.1. The normalized spacial score (nSPS) is 16.0. The van der Waals surface area contributed by atoms with Gasteiger partial charge in [0.2, 0.25) is 5.91 Å². The Morgan fingerprint density at radius 2 is 2.06 bits per heavy atom. The van der Waals surface area contributed by atoms with Crippen molar-refractivity contribution < 1.29 is 9.59 Å². The number of aromatic nitrogens is 2. The van der Waals surface area contributed by atoms with Crippen molar-refractivity contribution in [3.63, 3.8) is 0 Å². The first-order valence-corrected chi connectivity index (χ1v) is 11.0. The van der Waals surface area contributed by atoms with Crippen LogP contribution in [-0.4, -0.2) is 41.4 Å². The van der Waals surface area contributed by atoms with Gasteiger partial charge in [0.05, 0.1) is 24.1 Å². The van der Waals surface area contributed by atoms with Crippen LogP contribution in [0.4, 0.5) is 16.5 Å². The largest absolute Gasteiger partial charge is 0.399 e. The minimum absolute atomic E-state index is 0.129. The van der Waals surface area contributed by atoms with Gasteiger partial charge in [0, 0.05) is 41.8 Å². The zero-order chi connectivity index (χ0) is 21.6. The number of pyridine rings is 1. The lowest BCUT2D eigenvalue weighted by Gasteiger charge is -2.33. The summed E-state index contributed by atoms with van der Waals surface area (Å²) < 4.78 is 0. The first-order valence-electron chi connectivity index (χ1n) is 10.1. The molecular formula is C22H24N6O2S. The van der Waals surface area contributed by atoms with E-state index in [9.17, 15) is 9.59 Å². The van der Waals surface area contributed by atoms with Crippen molar-refractivity contribution in [3.05, 3.63) is 65.4 Å². The highest BCUT2D eigenvalue weighted by atomic mass is 32.1. The smallest absolute Gasteiger partial charge is 0.251 e. The standard InChI is InChI=1S/C22H24N6O2S/c23-17-7-5-15(6-8-17)21(30)25-12-20(29)27-22-26-19(14-31-22)16-3-2-10-28(13-16)18-4-1-9-24-11-18/h1,4-9,11,14,16H,2-3,10,12-13,23H2,(H,25,30)(H,26,27,29). The molecule has 4 rings (SSSR count). The second kappa shape index (κ2) is 9.57. The van der Waals surface area contributed by atoms with E-state index in [0.717, 1.165) is 37.3 Å². The van der Waals surface area contributed by atoms with Crippen molar-refractivity contribution in [2.24, 2.45) is 0 Å². The first kappa shape index (κ1) is 20.8. The Balaban J connectivity index is 1.29. The van der Waals surface area contributed by atoms with Crippen LogP contribution in [0.5, 0.6) is 0 Å². The van der Waals surface area contributed by atoms with E-state index in [1.165, 1.54) is 11.3 Å². The number of nitrogens with zero attached hydrogens (tertiary/aromatic N) is 3. The van der Waals surface area contributed by atoms with Gasteiger partial charge in [-0.1, -0.05) is 0 Å². The van der Waals surface area contributed by atoms with Crippen LogP contribution in [0, 0.1) is 0 Å². The minimum atomic E-state index is -0.326.